The van der Waals surface area contributed by atoms with Gasteiger partial charge in [0, 0.05) is 5.56 Å². The van der Waals surface area contributed by atoms with E-state index in [2.05, 4.69) is 4.18 Å². The van der Waals surface area contributed by atoms with E-state index >= 15 is 0 Å². The molecule has 9 nitrogen and oxygen atoms in total. The Balaban J connectivity index is 2.41. The van der Waals surface area contributed by atoms with Crippen LogP contribution < -0.4 is 5.73 Å². The van der Waals surface area contributed by atoms with Gasteiger partial charge in [-0.1, -0.05) is 6.07 Å². The Labute approximate surface area is 127 Å². The molecule has 22 heavy (non-hydrogen) atoms. The number of nitrogens with two attached hydrogens (primary N) is 1. The quantitative estimate of drug-likeness (QED) is 0.377. The van der Waals surface area contributed by atoms with Crippen molar-refractivity contribution in [1.82, 2.24) is 4.90 Å². The maximum atomic E-state index is 12.1. The minimum Gasteiger partial charge on any atom is -0.480 e. The molecule has 0 aromatic heterocycles. The zero-order valence-corrected chi connectivity index (χ0v) is 12.1. The smallest absolute Gasteiger partial charge is 0.323 e. The van der Waals surface area contributed by atoms with Crippen LogP contribution in [0, 0.1) is 0 Å². The Kier molecular flexibility index (Phi) is 4.11. The lowest BCUT2D eigenvalue weighted by molar-refractivity contribution is -0.137. The molecular weight excluding hydrogens is 316 g/mol. The molecule has 0 saturated heterocycles. The Bertz CT molecular complexity index is 701. The van der Waals surface area contributed by atoms with E-state index < -0.39 is 41.4 Å². The number of carboxylic acid groups (broad SMARTS) is 1. The van der Waals surface area contributed by atoms with Gasteiger partial charge in [-0.2, -0.15) is 4.21 Å². The van der Waals surface area contributed by atoms with Gasteiger partial charge < -0.3 is 5.11 Å². The SMILES string of the molecule is CC(N)(OS(=O)O)c1ccc2c(c1)C(=O)N(CC(=O)O)C2=O. The van der Waals surface area contributed by atoms with Crippen LogP contribution in [0.2, 0.25) is 0 Å². The van der Waals surface area contributed by atoms with Crippen LogP contribution in [-0.4, -0.2) is 43.1 Å². The van der Waals surface area contributed by atoms with Gasteiger partial charge in [-0.05, 0) is 19.1 Å². The lowest BCUT2D eigenvalue weighted by Gasteiger charge is -2.22. The van der Waals surface area contributed by atoms with Crippen molar-refractivity contribution in [2.45, 2.75) is 12.6 Å². The van der Waals surface area contributed by atoms with E-state index in [1.807, 2.05) is 0 Å². The highest BCUT2D eigenvalue weighted by molar-refractivity contribution is 7.74. The molecule has 0 bridgehead atoms. The third kappa shape index (κ3) is 2.90. The standard InChI is InChI=1S/C12H12N2O7S/c1-12(13,21-22(19)20)6-2-3-7-8(4-6)11(18)14(10(7)17)5-9(15)16/h2-4H,5,13H2,1H3,(H,15,16)(H,19,20). The van der Waals surface area contributed by atoms with Crippen molar-refractivity contribution in [3.8, 4) is 0 Å². The lowest BCUT2D eigenvalue weighted by atomic mass is 10.00. The molecule has 1 heterocycles. The Morgan fingerprint density at radius 3 is 2.50 bits per heavy atom. The Morgan fingerprint density at radius 1 is 1.36 bits per heavy atom. The Morgan fingerprint density at radius 2 is 1.95 bits per heavy atom. The van der Waals surface area contributed by atoms with Crippen LogP contribution in [0.15, 0.2) is 18.2 Å². The minimum atomic E-state index is -2.63. The van der Waals surface area contributed by atoms with Crippen molar-refractivity contribution >= 4 is 29.1 Å². The first-order valence-corrected chi connectivity index (χ1v) is 6.98. The summed E-state index contributed by atoms with van der Waals surface area (Å²) in [4.78, 5) is 35.4. The molecule has 0 radical (unpaired) electrons. The van der Waals surface area contributed by atoms with Crippen LogP contribution in [-0.2, 0) is 26.1 Å². The zero-order chi connectivity index (χ0) is 16.7. The molecule has 1 aromatic carbocycles. The molecule has 2 unspecified atom stereocenters. The highest BCUT2D eigenvalue weighted by Gasteiger charge is 2.38. The number of carbonyl (C=O) groups is 3. The highest BCUT2D eigenvalue weighted by Crippen LogP contribution is 2.28. The number of rotatable bonds is 5. The van der Waals surface area contributed by atoms with Crippen molar-refractivity contribution < 1.29 is 32.4 Å². The number of amides is 2. The van der Waals surface area contributed by atoms with E-state index in [-0.39, 0.29) is 16.7 Å². The predicted octanol–water partition coefficient (Wildman–Crippen LogP) is -0.348. The van der Waals surface area contributed by atoms with Gasteiger partial charge in [0.25, 0.3) is 11.8 Å². The molecule has 0 spiro atoms. The van der Waals surface area contributed by atoms with Gasteiger partial charge in [-0.3, -0.25) is 29.6 Å². The van der Waals surface area contributed by atoms with E-state index in [4.69, 9.17) is 15.4 Å². The number of benzene rings is 1. The molecule has 2 amide bonds. The van der Waals surface area contributed by atoms with E-state index in [1.54, 1.807) is 0 Å². The fourth-order valence-corrected chi connectivity index (χ4v) is 2.47. The largest absolute Gasteiger partial charge is 0.480 e. The van der Waals surface area contributed by atoms with Crippen LogP contribution in [0.5, 0.6) is 0 Å². The summed E-state index contributed by atoms with van der Waals surface area (Å²) < 4.78 is 24.1. The second kappa shape index (κ2) is 5.57. The van der Waals surface area contributed by atoms with Crippen molar-refractivity contribution in [2.75, 3.05) is 6.54 Å². The van der Waals surface area contributed by atoms with E-state index in [0.29, 0.717) is 4.90 Å². The number of hydrogen-bond donors (Lipinski definition) is 3. The molecule has 0 aliphatic carbocycles. The molecule has 1 aromatic rings. The number of hydrogen-bond acceptors (Lipinski definition) is 6. The van der Waals surface area contributed by atoms with Crippen LogP contribution in [0.4, 0.5) is 0 Å². The Hall–Kier alpha value is -2.14. The third-order valence-electron chi connectivity index (χ3n) is 3.08. The van der Waals surface area contributed by atoms with Crippen LogP contribution in [0.25, 0.3) is 0 Å². The van der Waals surface area contributed by atoms with Gasteiger partial charge in [0.05, 0.1) is 11.1 Å². The van der Waals surface area contributed by atoms with E-state index in [0.717, 1.165) is 0 Å². The predicted molar refractivity (Wildman–Crippen MR) is 72.8 cm³/mol. The molecule has 2 rings (SSSR count). The number of fused-ring (bicyclic) bond motifs is 1. The first-order valence-electron chi connectivity index (χ1n) is 5.95. The average Bonchev–Trinajstić information content (AvgIpc) is 2.62. The number of nitrogens with zero attached hydrogens (tertiary/aromatic N) is 1. The van der Waals surface area contributed by atoms with Crippen molar-refractivity contribution in [1.29, 1.82) is 0 Å². The summed E-state index contributed by atoms with van der Waals surface area (Å²) in [5.41, 5.74) is 4.27. The summed E-state index contributed by atoms with van der Waals surface area (Å²) in [6.07, 6.45) is 0. The molecule has 118 valence electrons. The second-order valence-electron chi connectivity index (χ2n) is 4.76. The number of carbonyl (C=O) groups excluding carboxylic acids is 2. The molecule has 0 fully saturated rings. The molecule has 2 atom stereocenters. The molecule has 10 heteroatoms. The van der Waals surface area contributed by atoms with Gasteiger partial charge in [0.15, 0.2) is 5.72 Å². The first-order chi connectivity index (χ1) is 10.1. The van der Waals surface area contributed by atoms with Crippen molar-refractivity contribution in [3.63, 3.8) is 0 Å². The summed E-state index contributed by atoms with van der Waals surface area (Å²) >= 11 is -2.63. The summed E-state index contributed by atoms with van der Waals surface area (Å²) in [6.45, 7) is 0.553. The molecular formula is C12H12N2O7S. The lowest BCUT2D eigenvalue weighted by Crippen LogP contribution is -2.37. The van der Waals surface area contributed by atoms with Crippen LogP contribution in [0.3, 0.4) is 0 Å². The zero-order valence-electron chi connectivity index (χ0n) is 11.3. The highest BCUT2D eigenvalue weighted by atomic mass is 32.2. The topological polar surface area (TPSA) is 147 Å². The fraction of sp³-hybridized carbons (Fsp3) is 0.250. The maximum absolute atomic E-state index is 12.1. The average molecular weight is 328 g/mol. The van der Waals surface area contributed by atoms with Crippen molar-refractivity contribution in [3.05, 3.63) is 34.9 Å². The van der Waals surface area contributed by atoms with Crippen LogP contribution >= 0.6 is 0 Å². The van der Waals surface area contributed by atoms with Gasteiger partial charge in [0.1, 0.15) is 6.54 Å². The summed E-state index contributed by atoms with van der Waals surface area (Å²) in [5.74, 6) is -2.82. The number of aliphatic carboxylic acids is 1. The monoisotopic (exact) mass is 328 g/mol. The van der Waals surface area contributed by atoms with Gasteiger partial charge in [0.2, 0.25) is 0 Å². The van der Waals surface area contributed by atoms with Crippen LogP contribution in [0.1, 0.15) is 33.2 Å². The number of carboxylic acids is 1. The summed E-state index contributed by atoms with van der Waals surface area (Å²) in [7, 11) is 0. The van der Waals surface area contributed by atoms with Gasteiger partial charge in [-0.15, -0.1) is 0 Å². The van der Waals surface area contributed by atoms with E-state index in [1.165, 1.54) is 25.1 Å². The number of imide groups is 1. The van der Waals surface area contributed by atoms with E-state index in [9.17, 15) is 18.6 Å². The molecule has 0 saturated carbocycles. The normalized spacial score (nSPS) is 18.0. The van der Waals surface area contributed by atoms with Gasteiger partial charge in [-0.25, -0.2) is 4.18 Å². The fourth-order valence-electron chi connectivity index (χ4n) is 2.07. The third-order valence-corrected chi connectivity index (χ3v) is 3.57. The second-order valence-corrected chi connectivity index (χ2v) is 5.36. The maximum Gasteiger partial charge on any atom is 0.323 e. The molecule has 1 aliphatic heterocycles. The summed E-state index contributed by atoms with van der Waals surface area (Å²) in [5, 5.41) is 8.72. The first kappa shape index (κ1) is 16.2. The molecule has 4 N–H and O–H groups in total. The van der Waals surface area contributed by atoms with Gasteiger partial charge >= 0.3 is 17.3 Å². The summed E-state index contributed by atoms with van der Waals surface area (Å²) in [6, 6.07) is 3.90. The minimum absolute atomic E-state index is 0.0345. The van der Waals surface area contributed by atoms with Crippen molar-refractivity contribution in [2.24, 2.45) is 5.73 Å². The molecule has 1 aliphatic rings.